The van der Waals surface area contributed by atoms with Gasteiger partial charge in [0.2, 0.25) is 0 Å². The number of alkyl carbamates (subject to hydrolysis) is 1. The third-order valence-corrected chi connectivity index (χ3v) is 8.39. The highest BCUT2D eigenvalue weighted by Crippen LogP contribution is 2.73. The van der Waals surface area contributed by atoms with Gasteiger partial charge in [0.25, 0.3) is 5.91 Å². The molecule has 5 aliphatic rings. The minimum Gasteiger partial charge on any atom is -0.443 e. The molecule has 7 heteroatoms. The molecule has 1 aromatic rings. The summed E-state index contributed by atoms with van der Waals surface area (Å²) in [7, 11) is 1.70. The molecule has 152 valence electrons. The summed E-state index contributed by atoms with van der Waals surface area (Å²) in [5.41, 5.74) is -3.07. The van der Waals surface area contributed by atoms with Gasteiger partial charge < -0.3 is 24.8 Å². The highest BCUT2D eigenvalue weighted by Gasteiger charge is 2.84. The van der Waals surface area contributed by atoms with E-state index in [1.807, 2.05) is 19.9 Å². The fraction of sp³-hybridized carbons (Fsp3) is 0.545. The standard InChI is InChI=1S/C22H24N2O5/c1-6-20(4)15(25)14-13-16-21(20,23-18(27)28-16)10-8-7-9-11-12(10)22(29-14,19(13,2)3)17(26)24(11)5/h6-9,13-16,25H,1H2,2-5H3,(H,23,27)/t13-,14+,15+,16-,20+,21+,22-/m0/s1/i16D. The normalized spacial score (nSPS) is 50.4. The van der Waals surface area contributed by atoms with Crippen LogP contribution in [0.5, 0.6) is 0 Å². The van der Waals surface area contributed by atoms with Gasteiger partial charge in [-0.3, -0.25) is 4.79 Å². The summed E-state index contributed by atoms with van der Waals surface area (Å²) in [5.74, 6) is -0.996. The predicted molar refractivity (Wildman–Crippen MR) is 103 cm³/mol. The molecule has 3 fully saturated rings. The topological polar surface area (TPSA) is 88.1 Å². The lowest BCUT2D eigenvalue weighted by Crippen LogP contribution is -2.71. The molecule has 1 aromatic carbocycles. The number of aliphatic hydroxyl groups is 1. The molecule has 0 radical (unpaired) electrons. The predicted octanol–water partition coefficient (Wildman–Crippen LogP) is 1.78. The maximum absolute atomic E-state index is 13.7. The highest BCUT2D eigenvalue weighted by atomic mass is 16.6. The maximum atomic E-state index is 13.7. The molecule has 3 bridgehead atoms. The minimum atomic E-state index is -1.82. The molecule has 3 aliphatic heterocycles. The zero-order chi connectivity index (χ0) is 21.6. The number of amides is 2. The van der Waals surface area contributed by atoms with E-state index < -0.39 is 52.3 Å². The summed E-state index contributed by atoms with van der Waals surface area (Å²) >= 11 is 0. The van der Waals surface area contributed by atoms with Gasteiger partial charge >= 0.3 is 6.09 Å². The number of ether oxygens (including phenoxy) is 2. The molecule has 0 unspecified atom stereocenters. The zero-order valence-electron chi connectivity index (χ0n) is 17.8. The molecular weight excluding hydrogens is 372 g/mol. The van der Waals surface area contributed by atoms with E-state index in [2.05, 4.69) is 11.9 Å². The molecule has 0 aromatic heterocycles. The number of carbonyl (C=O) groups is 2. The highest BCUT2D eigenvalue weighted by molar-refractivity contribution is 6.08. The average Bonchev–Trinajstić information content (AvgIpc) is 3.19. The van der Waals surface area contributed by atoms with Gasteiger partial charge in [-0.05, 0) is 11.6 Å². The fourth-order valence-corrected chi connectivity index (χ4v) is 6.88. The van der Waals surface area contributed by atoms with Crippen LogP contribution in [-0.4, -0.2) is 42.4 Å². The Hall–Kier alpha value is -2.38. The molecular formula is C22H24N2O5. The van der Waals surface area contributed by atoms with Crippen LogP contribution in [0.25, 0.3) is 0 Å². The monoisotopic (exact) mass is 397 g/mol. The summed E-state index contributed by atoms with van der Waals surface area (Å²) in [4.78, 5) is 28.0. The number of anilines is 1. The molecule has 1 spiro atoms. The first-order valence-electron chi connectivity index (χ1n) is 10.4. The van der Waals surface area contributed by atoms with Crippen LogP contribution in [0.15, 0.2) is 30.9 Å². The molecule has 2 amide bonds. The van der Waals surface area contributed by atoms with Gasteiger partial charge in [-0.25, -0.2) is 4.79 Å². The molecule has 2 aliphatic carbocycles. The lowest BCUT2D eigenvalue weighted by atomic mass is 9.51. The third kappa shape index (κ3) is 1.36. The van der Waals surface area contributed by atoms with Crippen molar-refractivity contribution in [3.05, 3.63) is 42.0 Å². The van der Waals surface area contributed by atoms with Crippen LogP contribution in [0.4, 0.5) is 10.5 Å². The van der Waals surface area contributed by atoms with Gasteiger partial charge in [-0.2, -0.15) is 0 Å². The van der Waals surface area contributed by atoms with Crippen LogP contribution in [-0.2, 0) is 25.4 Å². The Morgan fingerprint density at radius 2 is 2.07 bits per heavy atom. The van der Waals surface area contributed by atoms with Crippen molar-refractivity contribution in [2.24, 2.45) is 16.7 Å². The van der Waals surface area contributed by atoms with Crippen molar-refractivity contribution in [1.82, 2.24) is 5.32 Å². The number of likely N-dealkylation sites (N-methyl/N-ethyl adjacent to an activating group) is 1. The molecule has 2 N–H and O–H groups in total. The van der Waals surface area contributed by atoms with Crippen LogP contribution in [0.2, 0.25) is 0 Å². The number of rotatable bonds is 1. The molecule has 6 rings (SSSR count). The van der Waals surface area contributed by atoms with Crippen LogP contribution < -0.4 is 10.2 Å². The Bertz CT molecular complexity index is 1090. The lowest BCUT2D eigenvalue weighted by Gasteiger charge is -2.57. The second-order valence-corrected chi connectivity index (χ2v) is 9.59. The van der Waals surface area contributed by atoms with Crippen molar-refractivity contribution < 1.29 is 25.5 Å². The summed E-state index contributed by atoms with van der Waals surface area (Å²) in [6, 6.07) is 5.45. The zero-order valence-corrected chi connectivity index (χ0v) is 16.8. The van der Waals surface area contributed by atoms with Crippen LogP contribution in [0, 0.1) is 16.7 Å². The Kier molecular flexibility index (Phi) is 2.56. The van der Waals surface area contributed by atoms with E-state index in [1.54, 1.807) is 37.1 Å². The van der Waals surface area contributed by atoms with E-state index in [1.165, 1.54) is 0 Å². The maximum Gasteiger partial charge on any atom is 0.408 e. The lowest BCUT2D eigenvalue weighted by molar-refractivity contribution is -0.191. The number of nitrogens with one attached hydrogen (secondary N) is 1. The molecule has 3 heterocycles. The first-order chi connectivity index (χ1) is 14.0. The van der Waals surface area contributed by atoms with Crippen molar-refractivity contribution in [2.45, 2.75) is 50.2 Å². The minimum absolute atomic E-state index is 0.234. The first kappa shape index (κ1) is 16.4. The Balaban J connectivity index is 1.89. The molecule has 29 heavy (non-hydrogen) atoms. The van der Waals surface area contributed by atoms with E-state index in [0.717, 1.165) is 0 Å². The largest absolute Gasteiger partial charge is 0.443 e. The summed E-state index contributed by atoms with van der Waals surface area (Å²) in [6.07, 6.45) is -2.97. The van der Waals surface area contributed by atoms with Crippen molar-refractivity contribution in [3.8, 4) is 0 Å². The van der Waals surface area contributed by atoms with E-state index in [-0.39, 0.29) is 5.91 Å². The summed E-state index contributed by atoms with van der Waals surface area (Å²) < 4.78 is 21.9. The fourth-order valence-electron chi connectivity index (χ4n) is 6.88. The number of aliphatic hydroxyl groups excluding tert-OH is 1. The van der Waals surface area contributed by atoms with E-state index in [9.17, 15) is 16.1 Å². The smallest absolute Gasteiger partial charge is 0.408 e. The Morgan fingerprint density at radius 1 is 1.34 bits per heavy atom. The molecule has 7 nitrogen and oxygen atoms in total. The van der Waals surface area contributed by atoms with Crippen LogP contribution >= 0.6 is 0 Å². The van der Waals surface area contributed by atoms with Gasteiger partial charge in [-0.1, -0.05) is 39.0 Å². The second kappa shape index (κ2) is 4.52. The molecule has 7 atom stereocenters. The van der Waals surface area contributed by atoms with Gasteiger partial charge in [-0.15, -0.1) is 6.58 Å². The first-order valence-corrected chi connectivity index (χ1v) is 9.88. The van der Waals surface area contributed by atoms with E-state index in [0.29, 0.717) is 16.8 Å². The number of nitrogens with zero attached hydrogens (tertiary/aromatic N) is 1. The Labute approximate surface area is 170 Å². The van der Waals surface area contributed by atoms with Gasteiger partial charge in [0, 0.05) is 29.4 Å². The van der Waals surface area contributed by atoms with Gasteiger partial charge in [0.05, 0.1) is 19.3 Å². The number of benzene rings is 1. The second-order valence-electron chi connectivity index (χ2n) is 9.59. The summed E-state index contributed by atoms with van der Waals surface area (Å²) in [5, 5.41) is 14.5. The van der Waals surface area contributed by atoms with Gasteiger partial charge in [0.15, 0.2) is 5.60 Å². The van der Waals surface area contributed by atoms with Crippen molar-refractivity contribution in [2.75, 3.05) is 11.9 Å². The van der Waals surface area contributed by atoms with Crippen LogP contribution in [0.1, 0.15) is 33.3 Å². The third-order valence-electron chi connectivity index (χ3n) is 8.39. The molecule has 2 saturated heterocycles. The average molecular weight is 397 g/mol. The van der Waals surface area contributed by atoms with Gasteiger partial charge in [0.1, 0.15) is 11.6 Å². The Morgan fingerprint density at radius 3 is 2.76 bits per heavy atom. The van der Waals surface area contributed by atoms with E-state index >= 15 is 0 Å². The molecule has 1 saturated carbocycles. The number of carbonyl (C=O) groups excluding carboxylic acids is 2. The van der Waals surface area contributed by atoms with E-state index in [4.69, 9.17) is 9.47 Å². The summed E-state index contributed by atoms with van der Waals surface area (Å²) in [6.45, 7) is 9.47. The number of hydrogen-bond donors (Lipinski definition) is 2. The SMILES string of the molecule is [2H][C@@]12OC(=O)N[C@]13c1cccc4c1[C@]1(O[C@H]([C@@H]2C1(C)C)[C@@H](O)[C@@]3(C)C=C)C(=O)N4C. The van der Waals surface area contributed by atoms with Crippen molar-refractivity contribution in [3.63, 3.8) is 0 Å². The quantitative estimate of drug-likeness (QED) is 0.706. The number of hydrogen-bond acceptors (Lipinski definition) is 5. The van der Waals surface area contributed by atoms with Crippen LogP contribution in [0.3, 0.4) is 0 Å². The van der Waals surface area contributed by atoms with Crippen molar-refractivity contribution in [1.29, 1.82) is 0 Å². The van der Waals surface area contributed by atoms with Crippen molar-refractivity contribution >= 4 is 17.7 Å².